The standard InChI is InChI=1S/C29H32F7N3O2/c1-38-12-10-37-19-25(38)4-2-3-11-39-13-15-41-27(26(39)21-5-7-24(30)8-6-21)40-14-9-20-16-22(28(31,32)33)18-23(17-20)29(34,35)36/h5-8,16-18,25-27,37H,4,9-15,19H2,1H3/t25-,26+,27-/m1/s1. The summed E-state index contributed by atoms with van der Waals surface area (Å²) in [5.74, 6) is 6.00. The van der Waals surface area contributed by atoms with Gasteiger partial charge in [-0.05, 0) is 54.9 Å². The van der Waals surface area contributed by atoms with Crippen LogP contribution in [0.15, 0.2) is 42.5 Å². The molecule has 0 aromatic heterocycles. The van der Waals surface area contributed by atoms with Crippen molar-refractivity contribution in [3.8, 4) is 11.8 Å². The normalized spacial score (nSPS) is 22.8. The minimum absolute atomic E-state index is 0.0981. The number of nitrogens with one attached hydrogen (secondary N) is 1. The fraction of sp³-hybridized carbons (Fsp3) is 0.517. The highest BCUT2D eigenvalue weighted by atomic mass is 19.4. The lowest BCUT2D eigenvalue weighted by Gasteiger charge is -2.40. The van der Waals surface area contributed by atoms with E-state index in [4.69, 9.17) is 9.47 Å². The number of piperazine rings is 1. The fourth-order valence-corrected chi connectivity index (χ4v) is 4.93. The third-order valence-corrected chi connectivity index (χ3v) is 7.23. The highest BCUT2D eigenvalue weighted by molar-refractivity contribution is 5.33. The number of hydrogen-bond acceptors (Lipinski definition) is 5. The van der Waals surface area contributed by atoms with Crippen molar-refractivity contribution < 1.29 is 40.2 Å². The van der Waals surface area contributed by atoms with E-state index in [1.54, 1.807) is 12.1 Å². The molecule has 4 rings (SSSR count). The van der Waals surface area contributed by atoms with Gasteiger partial charge >= 0.3 is 12.4 Å². The molecule has 3 atom stereocenters. The average Bonchev–Trinajstić information content (AvgIpc) is 2.92. The first-order chi connectivity index (χ1) is 19.4. The van der Waals surface area contributed by atoms with Crippen LogP contribution in [-0.2, 0) is 28.2 Å². The molecule has 2 heterocycles. The van der Waals surface area contributed by atoms with Gasteiger partial charge in [0.05, 0.1) is 36.9 Å². The van der Waals surface area contributed by atoms with Crippen molar-refractivity contribution in [1.82, 2.24) is 15.1 Å². The van der Waals surface area contributed by atoms with Crippen LogP contribution in [0.4, 0.5) is 30.7 Å². The fourth-order valence-electron chi connectivity index (χ4n) is 4.93. The number of hydrogen-bond donors (Lipinski definition) is 1. The molecule has 2 fully saturated rings. The van der Waals surface area contributed by atoms with Crippen LogP contribution in [0, 0.1) is 17.7 Å². The zero-order valence-corrected chi connectivity index (χ0v) is 22.5. The summed E-state index contributed by atoms with van der Waals surface area (Å²) in [4.78, 5) is 4.27. The maximum Gasteiger partial charge on any atom is 0.416 e. The summed E-state index contributed by atoms with van der Waals surface area (Å²) in [7, 11) is 2.06. The van der Waals surface area contributed by atoms with Gasteiger partial charge in [0.25, 0.3) is 0 Å². The van der Waals surface area contributed by atoms with Crippen LogP contribution in [0.25, 0.3) is 0 Å². The van der Waals surface area contributed by atoms with E-state index in [-0.39, 0.29) is 31.3 Å². The Kier molecular flexibility index (Phi) is 10.3. The lowest BCUT2D eigenvalue weighted by molar-refractivity contribution is -0.208. The van der Waals surface area contributed by atoms with Crippen molar-refractivity contribution in [1.29, 1.82) is 0 Å². The van der Waals surface area contributed by atoms with E-state index in [0.29, 0.717) is 43.2 Å². The van der Waals surface area contributed by atoms with Crippen molar-refractivity contribution in [2.24, 2.45) is 0 Å². The van der Waals surface area contributed by atoms with Gasteiger partial charge in [0.1, 0.15) is 5.82 Å². The molecule has 2 aliphatic heterocycles. The molecule has 2 aliphatic rings. The van der Waals surface area contributed by atoms with Crippen LogP contribution in [0.1, 0.15) is 34.7 Å². The summed E-state index contributed by atoms with van der Waals surface area (Å²) in [5, 5.41) is 3.35. The molecule has 12 heteroatoms. The summed E-state index contributed by atoms with van der Waals surface area (Å²) in [5.41, 5.74) is -2.22. The number of morpholine rings is 1. The molecule has 1 N–H and O–H groups in total. The average molecular weight is 588 g/mol. The molecule has 0 bridgehead atoms. The van der Waals surface area contributed by atoms with Crippen molar-refractivity contribution >= 4 is 0 Å². The Morgan fingerprint density at radius 2 is 1.66 bits per heavy atom. The van der Waals surface area contributed by atoms with Gasteiger partial charge in [-0.15, -0.1) is 5.92 Å². The predicted molar refractivity (Wildman–Crippen MR) is 138 cm³/mol. The van der Waals surface area contributed by atoms with Crippen molar-refractivity contribution in [3.05, 3.63) is 70.5 Å². The molecular weight excluding hydrogens is 555 g/mol. The predicted octanol–water partition coefficient (Wildman–Crippen LogP) is 5.12. The number of benzene rings is 2. The van der Waals surface area contributed by atoms with E-state index in [2.05, 4.69) is 29.1 Å². The van der Waals surface area contributed by atoms with E-state index < -0.39 is 41.6 Å². The molecule has 0 amide bonds. The lowest BCUT2D eigenvalue weighted by atomic mass is 10.0. The SMILES string of the molecule is CN1CCNC[C@H]1CC#CCN1CCO[C@@H](OCCc2cc(C(F)(F)F)cc(C(F)(F)F)c2)[C@@H]1c1ccc(F)cc1. The summed E-state index contributed by atoms with van der Waals surface area (Å²) in [6.07, 6.45) is -10.3. The van der Waals surface area contributed by atoms with Crippen LogP contribution in [0.5, 0.6) is 0 Å². The first-order valence-corrected chi connectivity index (χ1v) is 13.3. The van der Waals surface area contributed by atoms with Gasteiger partial charge < -0.3 is 14.8 Å². The van der Waals surface area contributed by atoms with Gasteiger partial charge in [-0.1, -0.05) is 18.1 Å². The second kappa shape index (κ2) is 13.5. The lowest BCUT2D eigenvalue weighted by Crippen LogP contribution is -2.49. The van der Waals surface area contributed by atoms with Crippen LogP contribution in [0.3, 0.4) is 0 Å². The van der Waals surface area contributed by atoms with Crippen LogP contribution < -0.4 is 5.32 Å². The minimum Gasteiger partial charge on any atom is -0.350 e. The van der Waals surface area contributed by atoms with Gasteiger partial charge in [-0.3, -0.25) is 9.80 Å². The summed E-state index contributed by atoms with van der Waals surface area (Å²) < 4.78 is 105. The number of ether oxygens (including phenoxy) is 2. The largest absolute Gasteiger partial charge is 0.416 e. The highest BCUT2D eigenvalue weighted by Crippen LogP contribution is 2.37. The number of halogens is 7. The number of likely N-dealkylation sites (N-methyl/N-ethyl adjacent to an activating group) is 1. The van der Waals surface area contributed by atoms with Gasteiger partial charge in [0, 0.05) is 38.6 Å². The van der Waals surface area contributed by atoms with Gasteiger partial charge in [-0.25, -0.2) is 4.39 Å². The Labute approximate surface area is 234 Å². The summed E-state index contributed by atoms with van der Waals surface area (Å²) in [6.45, 7) is 3.70. The number of alkyl halides is 6. The van der Waals surface area contributed by atoms with Crippen LogP contribution in [-0.4, -0.2) is 75.1 Å². The first kappa shape index (κ1) is 31.3. The van der Waals surface area contributed by atoms with E-state index >= 15 is 0 Å². The maximum atomic E-state index is 13.7. The molecule has 0 spiro atoms. The summed E-state index contributed by atoms with van der Waals surface area (Å²) >= 11 is 0. The Balaban J connectivity index is 1.46. The molecule has 41 heavy (non-hydrogen) atoms. The molecule has 2 aromatic carbocycles. The minimum atomic E-state index is -4.93. The van der Waals surface area contributed by atoms with Gasteiger partial charge in [0.15, 0.2) is 6.29 Å². The molecule has 0 aliphatic carbocycles. The number of nitrogens with zero attached hydrogens (tertiary/aromatic N) is 2. The molecule has 0 radical (unpaired) electrons. The van der Waals surface area contributed by atoms with E-state index in [9.17, 15) is 30.7 Å². The maximum absolute atomic E-state index is 13.7. The van der Waals surface area contributed by atoms with Crippen LogP contribution >= 0.6 is 0 Å². The molecule has 0 saturated carbocycles. The van der Waals surface area contributed by atoms with E-state index in [0.717, 1.165) is 19.6 Å². The van der Waals surface area contributed by atoms with Gasteiger partial charge in [0.2, 0.25) is 0 Å². The first-order valence-electron chi connectivity index (χ1n) is 13.3. The molecule has 0 unspecified atom stereocenters. The van der Waals surface area contributed by atoms with E-state index in [1.165, 1.54) is 12.1 Å². The van der Waals surface area contributed by atoms with Crippen molar-refractivity contribution in [2.75, 3.05) is 53.0 Å². The second-order valence-corrected chi connectivity index (χ2v) is 10.1. The highest BCUT2D eigenvalue weighted by Gasteiger charge is 2.37. The molecular formula is C29H32F7N3O2. The third-order valence-electron chi connectivity index (χ3n) is 7.23. The Hall–Kier alpha value is -2.69. The third kappa shape index (κ3) is 8.66. The number of rotatable bonds is 7. The molecule has 224 valence electrons. The molecule has 2 saturated heterocycles. The zero-order valence-electron chi connectivity index (χ0n) is 22.5. The zero-order chi connectivity index (χ0) is 29.6. The van der Waals surface area contributed by atoms with E-state index in [1.807, 2.05) is 4.90 Å². The van der Waals surface area contributed by atoms with Crippen molar-refractivity contribution in [2.45, 2.75) is 43.6 Å². The van der Waals surface area contributed by atoms with Gasteiger partial charge in [-0.2, -0.15) is 26.3 Å². The molecule has 2 aromatic rings. The summed E-state index contributed by atoms with van der Waals surface area (Å²) in [6, 6.07) is 7.07. The quantitative estimate of drug-likeness (QED) is 0.360. The smallest absolute Gasteiger partial charge is 0.350 e. The Morgan fingerprint density at radius 1 is 0.976 bits per heavy atom. The Bertz CT molecular complexity index is 1180. The van der Waals surface area contributed by atoms with Crippen LogP contribution in [0.2, 0.25) is 0 Å². The topological polar surface area (TPSA) is 37.0 Å². The second-order valence-electron chi connectivity index (χ2n) is 10.1. The monoisotopic (exact) mass is 587 g/mol. The molecule has 5 nitrogen and oxygen atoms in total. The Morgan fingerprint density at radius 3 is 2.29 bits per heavy atom. The van der Waals surface area contributed by atoms with Crippen molar-refractivity contribution in [3.63, 3.8) is 0 Å².